The highest BCUT2D eigenvalue weighted by Crippen LogP contribution is 2.23. The lowest BCUT2D eigenvalue weighted by Gasteiger charge is -2.35. The molecule has 2 N–H and O–H groups in total. The van der Waals surface area contributed by atoms with E-state index in [0.717, 1.165) is 45.2 Å². The standard InChI is InChI=1S/C12H24N2O3S/c15-9-12-3-1-2-8-14(12)18(16,17)10-11-4-6-13-7-5-11/h11-13,15H,1-10H2. The first-order chi connectivity index (χ1) is 8.63. The van der Waals surface area contributed by atoms with Crippen molar-refractivity contribution in [2.45, 2.75) is 38.1 Å². The van der Waals surface area contributed by atoms with Crippen molar-refractivity contribution in [3.8, 4) is 0 Å². The molecule has 0 radical (unpaired) electrons. The monoisotopic (exact) mass is 276 g/mol. The Bertz CT molecular complexity index is 352. The van der Waals surface area contributed by atoms with Crippen LogP contribution in [0.3, 0.4) is 0 Å². The molecular formula is C12H24N2O3S. The smallest absolute Gasteiger partial charge is 0.214 e. The van der Waals surface area contributed by atoms with Gasteiger partial charge in [0.15, 0.2) is 0 Å². The highest BCUT2D eigenvalue weighted by Gasteiger charge is 2.33. The molecule has 2 saturated heterocycles. The summed E-state index contributed by atoms with van der Waals surface area (Å²) in [7, 11) is -3.20. The molecule has 2 fully saturated rings. The van der Waals surface area contributed by atoms with Gasteiger partial charge in [-0.15, -0.1) is 0 Å². The first kappa shape index (κ1) is 14.2. The van der Waals surface area contributed by atoms with Gasteiger partial charge in [0, 0.05) is 12.6 Å². The van der Waals surface area contributed by atoms with Crippen molar-refractivity contribution in [3.05, 3.63) is 0 Å². The third-order valence-electron chi connectivity index (χ3n) is 4.05. The Labute approximate surface area is 110 Å². The molecule has 0 saturated carbocycles. The molecule has 0 amide bonds. The van der Waals surface area contributed by atoms with Crippen molar-refractivity contribution in [2.24, 2.45) is 5.92 Å². The van der Waals surface area contributed by atoms with Gasteiger partial charge in [-0.05, 0) is 44.7 Å². The summed E-state index contributed by atoms with van der Waals surface area (Å²) in [6, 6.07) is -0.189. The van der Waals surface area contributed by atoms with Crippen molar-refractivity contribution >= 4 is 10.0 Å². The Balaban J connectivity index is 1.99. The lowest BCUT2D eigenvalue weighted by molar-refractivity contribution is 0.154. The van der Waals surface area contributed by atoms with E-state index in [1.807, 2.05) is 0 Å². The number of hydrogen-bond donors (Lipinski definition) is 2. The topological polar surface area (TPSA) is 69.6 Å². The van der Waals surface area contributed by atoms with Crippen LogP contribution < -0.4 is 5.32 Å². The maximum atomic E-state index is 12.4. The molecule has 18 heavy (non-hydrogen) atoms. The minimum absolute atomic E-state index is 0.0501. The van der Waals surface area contributed by atoms with E-state index in [4.69, 9.17) is 0 Å². The minimum atomic E-state index is -3.20. The second-order valence-corrected chi connectivity index (χ2v) is 7.38. The molecule has 5 nitrogen and oxygen atoms in total. The van der Waals surface area contributed by atoms with Crippen LogP contribution in [-0.4, -0.2) is 55.9 Å². The van der Waals surface area contributed by atoms with E-state index in [1.54, 1.807) is 4.31 Å². The predicted octanol–water partition coefficient (Wildman–Crippen LogP) is 0.163. The number of piperidine rings is 2. The molecule has 0 aromatic heterocycles. The first-order valence-corrected chi connectivity index (χ1v) is 8.55. The normalized spacial score (nSPS) is 28.4. The van der Waals surface area contributed by atoms with E-state index in [-0.39, 0.29) is 24.3 Å². The fourth-order valence-electron chi connectivity index (χ4n) is 2.96. The second-order valence-electron chi connectivity index (χ2n) is 5.41. The van der Waals surface area contributed by atoms with Crippen LogP contribution in [0.25, 0.3) is 0 Å². The largest absolute Gasteiger partial charge is 0.395 e. The van der Waals surface area contributed by atoms with Crippen LogP contribution in [0, 0.1) is 5.92 Å². The first-order valence-electron chi connectivity index (χ1n) is 6.94. The molecule has 2 aliphatic heterocycles. The lowest BCUT2D eigenvalue weighted by atomic mass is 10.0. The number of rotatable bonds is 4. The summed E-state index contributed by atoms with van der Waals surface area (Å²) in [5.41, 5.74) is 0. The number of aliphatic hydroxyl groups excluding tert-OH is 1. The number of nitrogens with one attached hydrogen (secondary N) is 1. The summed E-state index contributed by atoms with van der Waals surface area (Å²) in [6.07, 6.45) is 4.61. The quantitative estimate of drug-likeness (QED) is 0.767. The van der Waals surface area contributed by atoms with E-state index < -0.39 is 10.0 Å². The van der Waals surface area contributed by atoms with E-state index in [1.165, 1.54) is 0 Å². The maximum absolute atomic E-state index is 12.4. The van der Waals surface area contributed by atoms with E-state index in [9.17, 15) is 13.5 Å². The molecule has 2 rings (SSSR count). The van der Waals surface area contributed by atoms with Gasteiger partial charge in [-0.25, -0.2) is 8.42 Å². The van der Waals surface area contributed by atoms with Gasteiger partial charge in [0.2, 0.25) is 10.0 Å². The number of sulfonamides is 1. The molecule has 6 heteroatoms. The Morgan fingerprint density at radius 3 is 2.56 bits per heavy atom. The third kappa shape index (κ3) is 3.44. The summed E-state index contributed by atoms with van der Waals surface area (Å²) in [6.45, 7) is 2.37. The zero-order valence-corrected chi connectivity index (χ0v) is 11.7. The Morgan fingerprint density at radius 1 is 1.17 bits per heavy atom. The van der Waals surface area contributed by atoms with Crippen LogP contribution in [0.2, 0.25) is 0 Å². The Kier molecular flexibility index (Phi) is 5.00. The molecule has 106 valence electrons. The van der Waals surface area contributed by atoms with Crippen LogP contribution in [0.5, 0.6) is 0 Å². The van der Waals surface area contributed by atoms with Crippen LogP contribution in [0.4, 0.5) is 0 Å². The molecule has 0 aromatic carbocycles. The van der Waals surface area contributed by atoms with Gasteiger partial charge in [-0.3, -0.25) is 0 Å². The van der Waals surface area contributed by atoms with Gasteiger partial charge in [-0.2, -0.15) is 4.31 Å². The lowest BCUT2D eigenvalue weighted by Crippen LogP contribution is -2.48. The molecule has 1 unspecified atom stereocenters. The molecule has 0 aromatic rings. The minimum Gasteiger partial charge on any atom is -0.395 e. The molecule has 0 spiro atoms. The fraction of sp³-hybridized carbons (Fsp3) is 1.00. The summed E-state index contributed by atoms with van der Waals surface area (Å²) in [4.78, 5) is 0. The van der Waals surface area contributed by atoms with Crippen molar-refractivity contribution < 1.29 is 13.5 Å². The molecule has 0 bridgehead atoms. The average Bonchev–Trinajstić information content (AvgIpc) is 2.39. The number of hydrogen-bond acceptors (Lipinski definition) is 4. The van der Waals surface area contributed by atoms with Crippen molar-refractivity contribution in [2.75, 3.05) is 32.0 Å². The van der Waals surface area contributed by atoms with Crippen molar-refractivity contribution in [1.82, 2.24) is 9.62 Å². The van der Waals surface area contributed by atoms with E-state index >= 15 is 0 Å². The van der Waals surface area contributed by atoms with Crippen molar-refractivity contribution in [3.63, 3.8) is 0 Å². The van der Waals surface area contributed by atoms with Gasteiger partial charge in [-0.1, -0.05) is 6.42 Å². The second kappa shape index (κ2) is 6.32. The number of nitrogens with zero attached hydrogens (tertiary/aromatic N) is 1. The maximum Gasteiger partial charge on any atom is 0.214 e. The van der Waals surface area contributed by atoms with E-state index in [0.29, 0.717) is 6.54 Å². The molecular weight excluding hydrogens is 252 g/mol. The fourth-order valence-corrected chi connectivity index (χ4v) is 5.12. The zero-order chi connectivity index (χ0) is 13.0. The van der Waals surface area contributed by atoms with Crippen LogP contribution >= 0.6 is 0 Å². The number of aliphatic hydroxyl groups is 1. The van der Waals surface area contributed by atoms with Gasteiger partial charge in [0.1, 0.15) is 0 Å². The van der Waals surface area contributed by atoms with Gasteiger partial charge < -0.3 is 10.4 Å². The highest BCUT2D eigenvalue weighted by atomic mass is 32.2. The summed E-state index contributed by atoms with van der Waals surface area (Å²) < 4.78 is 26.4. The molecule has 0 aliphatic carbocycles. The highest BCUT2D eigenvalue weighted by molar-refractivity contribution is 7.89. The predicted molar refractivity (Wildman–Crippen MR) is 70.8 cm³/mol. The zero-order valence-electron chi connectivity index (χ0n) is 10.8. The molecule has 2 aliphatic rings. The summed E-state index contributed by atoms with van der Waals surface area (Å²) in [5.74, 6) is 0.531. The summed E-state index contributed by atoms with van der Waals surface area (Å²) >= 11 is 0. The molecule has 2 heterocycles. The van der Waals surface area contributed by atoms with E-state index in [2.05, 4.69) is 5.32 Å². The van der Waals surface area contributed by atoms with Crippen LogP contribution in [0.1, 0.15) is 32.1 Å². The molecule has 1 atom stereocenters. The van der Waals surface area contributed by atoms with Crippen molar-refractivity contribution in [1.29, 1.82) is 0 Å². The van der Waals surface area contributed by atoms with Crippen LogP contribution in [0.15, 0.2) is 0 Å². The van der Waals surface area contributed by atoms with Gasteiger partial charge in [0.25, 0.3) is 0 Å². The summed E-state index contributed by atoms with van der Waals surface area (Å²) in [5, 5.41) is 12.6. The Hall–Kier alpha value is -0.170. The Morgan fingerprint density at radius 2 is 1.89 bits per heavy atom. The van der Waals surface area contributed by atoms with Gasteiger partial charge >= 0.3 is 0 Å². The SMILES string of the molecule is O=S(=O)(CC1CCNCC1)N1CCCCC1CO. The van der Waals surface area contributed by atoms with Crippen LogP contribution in [-0.2, 0) is 10.0 Å². The third-order valence-corrected chi connectivity index (χ3v) is 6.13. The average molecular weight is 276 g/mol. The van der Waals surface area contributed by atoms with Gasteiger partial charge in [0.05, 0.1) is 12.4 Å².